The average molecular weight is 327 g/mol. The second kappa shape index (κ2) is 6.86. The highest BCUT2D eigenvalue weighted by atomic mass is 19.1. The maximum Gasteiger partial charge on any atom is 0.269 e. The number of nitro groups is 1. The molecule has 0 amide bonds. The lowest BCUT2D eigenvalue weighted by atomic mass is 10.2. The van der Waals surface area contributed by atoms with E-state index >= 15 is 0 Å². The Morgan fingerprint density at radius 2 is 1.83 bits per heavy atom. The number of nitrogens with one attached hydrogen (secondary N) is 2. The van der Waals surface area contributed by atoms with Gasteiger partial charge in [0.1, 0.15) is 11.6 Å². The van der Waals surface area contributed by atoms with E-state index in [1.807, 2.05) is 0 Å². The number of benzene rings is 2. The fourth-order valence-electron chi connectivity index (χ4n) is 2.16. The number of hydrogen-bond donors (Lipinski definition) is 2. The van der Waals surface area contributed by atoms with Crippen molar-refractivity contribution in [1.29, 1.82) is 0 Å². The molecule has 0 radical (unpaired) electrons. The van der Waals surface area contributed by atoms with Gasteiger partial charge in [-0.3, -0.25) is 15.2 Å². The van der Waals surface area contributed by atoms with Gasteiger partial charge >= 0.3 is 0 Å². The van der Waals surface area contributed by atoms with Crippen molar-refractivity contribution in [3.8, 4) is 11.4 Å². The lowest BCUT2D eigenvalue weighted by Gasteiger charge is -2.04. The van der Waals surface area contributed by atoms with Crippen molar-refractivity contribution in [2.24, 2.45) is 0 Å². The minimum Gasteiger partial charge on any atom is -0.385 e. The molecular formula is C16H14FN5O2. The molecule has 2 aromatic carbocycles. The molecule has 3 rings (SSSR count). The number of nitrogens with zero attached hydrogens (tertiary/aromatic N) is 3. The molecule has 0 atom stereocenters. The fraction of sp³-hybridized carbons (Fsp3) is 0.125. The summed E-state index contributed by atoms with van der Waals surface area (Å²) in [5.41, 5.74) is 1.55. The van der Waals surface area contributed by atoms with Crippen LogP contribution in [0.4, 0.5) is 15.8 Å². The van der Waals surface area contributed by atoms with Gasteiger partial charge in [-0.1, -0.05) is 0 Å². The van der Waals surface area contributed by atoms with E-state index in [4.69, 9.17) is 0 Å². The number of halogens is 1. The van der Waals surface area contributed by atoms with Crippen LogP contribution in [0.2, 0.25) is 0 Å². The summed E-state index contributed by atoms with van der Waals surface area (Å²) in [6, 6.07) is 12.2. The highest BCUT2D eigenvalue weighted by molar-refractivity contribution is 5.56. The molecule has 0 aliphatic rings. The largest absolute Gasteiger partial charge is 0.385 e. The van der Waals surface area contributed by atoms with Crippen molar-refractivity contribution in [1.82, 2.24) is 15.2 Å². The molecule has 0 unspecified atom stereocenters. The predicted octanol–water partition coefficient (Wildman–Crippen LogP) is 3.17. The second-order valence-electron chi connectivity index (χ2n) is 5.09. The van der Waals surface area contributed by atoms with Crippen molar-refractivity contribution < 1.29 is 9.31 Å². The maximum absolute atomic E-state index is 12.8. The van der Waals surface area contributed by atoms with Gasteiger partial charge in [0.25, 0.3) is 5.69 Å². The summed E-state index contributed by atoms with van der Waals surface area (Å²) < 4.78 is 12.8. The summed E-state index contributed by atoms with van der Waals surface area (Å²) in [4.78, 5) is 14.6. The third-order valence-electron chi connectivity index (χ3n) is 3.40. The first-order valence-electron chi connectivity index (χ1n) is 7.27. The minimum absolute atomic E-state index is 0.0259. The van der Waals surface area contributed by atoms with E-state index in [0.29, 0.717) is 30.2 Å². The van der Waals surface area contributed by atoms with Crippen molar-refractivity contribution in [3.05, 3.63) is 70.3 Å². The van der Waals surface area contributed by atoms with Gasteiger partial charge in [-0.15, -0.1) is 0 Å². The van der Waals surface area contributed by atoms with Crippen LogP contribution >= 0.6 is 0 Å². The van der Waals surface area contributed by atoms with E-state index in [2.05, 4.69) is 20.5 Å². The van der Waals surface area contributed by atoms with Crippen LogP contribution < -0.4 is 5.32 Å². The Labute approximate surface area is 136 Å². The quantitative estimate of drug-likeness (QED) is 0.535. The highest BCUT2D eigenvalue weighted by Gasteiger charge is 2.09. The van der Waals surface area contributed by atoms with Crippen LogP contribution in [0.25, 0.3) is 11.4 Å². The van der Waals surface area contributed by atoms with Crippen LogP contribution in [0, 0.1) is 15.9 Å². The number of aromatic nitrogens is 3. The molecule has 1 heterocycles. The first-order valence-corrected chi connectivity index (χ1v) is 7.27. The van der Waals surface area contributed by atoms with Gasteiger partial charge in [-0.25, -0.2) is 9.37 Å². The average Bonchev–Trinajstić information content (AvgIpc) is 3.06. The summed E-state index contributed by atoms with van der Waals surface area (Å²) >= 11 is 0. The van der Waals surface area contributed by atoms with Gasteiger partial charge < -0.3 is 5.32 Å². The van der Waals surface area contributed by atoms with Crippen molar-refractivity contribution in [2.75, 3.05) is 11.9 Å². The normalized spacial score (nSPS) is 10.5. The molecule has 0 fully saturated rings. The third kappa shape index (κ3) is 3.72. The van der Waals surface area contributed by atoms with E-state index in [1.165, 1.54) is 24.3 Å². The molecule has 0 saturated heterocycles. The number of hydrogen-bond acceptors (Lipinski definition) is 5. The van der Waals surface area contributed by atoms with Crippen LogP contribution in [0.5, 0.6) is 0 Å². The van der Waals surface area contributed by atoms with Crippen LogP contribution in [0.3, 0.4) is 0 Å². The van der Waals surface area contributed by atoms with Gasteiger partial charge in [0.2, 0.25) is 0 Å². The monoisotopic (exact) mass is 327 g/mol. The molecule has 122 valence electrons. The molecule has 0 aliphatic carbocycles. The minimum atomic E-state index is -0.450. The summed E-state index contributed by atoms with van der Waals surface area (Å²) in [6.07, 6.45) is 0.608. The van der Waals surface area contributed by atoms with Crippen LogP contribution in [0.1, 0.15) is 5.82 Å². The van der Waals surface area contributed by atoms with Gasteiger partial charge in [-0.2, -0.15) is 5.10 Å². The number of rotatable bonds is 6. The Balaban J connectivity index is 1.59. The van der Waals surface area contributed by atoms with E-state index < -0.39 is 4.92 Å². The zero-order valence-corrected chi connectivity index (χ0v) is 12.6. The predicted molar refractivity (Wildman–Crippen MR) is 87.1 cm³/mol. The molecule has 2 N–H and O–H groups in total. The molecule has 8 heteroatoms. The van der Waals surface area contributed by atoms with Gasteiger partial charge in [0.05, 0.1) is 4.92 Å². The molecule has 0 spiro atoms. The lowest BCUT2D eigenvalue weighted by molar-refractivity contribution is -0.384. The summed E-state index contributed by atoms with van der Waals surface area (Å²) in [7, 11) is 0. The fourth-order valence-corrected chi connectivity index (χ4v) is 2.16. The molecule has 24 heavy (non-hydrogen) atoms. The highest BCUT2D eigenvalue weighted by Crippen LogP contribution is 2.19. The van der Waals surface area contributed by atoms with E-state index in [0.717, 1.165) is 5.69 Å². The summed E-state index contributed by atoms with van der Waals surface area (Å²) in [6.45, 7) is 0.612. The molecule has 0 aliphatic heterocycles. The van der Waals surface area contributed by atoms with Gasteiger partial charge in [0, 0.05) is 36.3 Å². The zero-order valence-electron chi connectivity index (χ0n) is 12.6. The Bertz CT molecular complexity index is 830. The topological polar surface area (TPSA) is 96.7 Å². The molecule has 0 saturated carbocycles. The zero-order chi connectivity index (χ0) is 16.9. The second-order valence-corrected chi connectivity index (χ2v) is 5.09. The smallest absolute Gasteiger partial charge is 0.269 e. The maximum atomic E-state index is 12.8. The third-order valence-corrected chi connectivity index (χ3v) is 3.40. The van der Waals surface area contributed by atoms with Crippen LogP contribution in [-0.4, -0.2) is 26.6 Å². The standard InChI is InChI=1S/C16H14FN5O2/c17-12-3-5-13(6-4-12)18-10-9-15-19-16(21-20-15)11-1-7-14(8-2-11)22(23)24/h1-8,18H,9-10H2,(H,19,20,21). The van der Waals surface area contributed by atoms with Crippen molar-refractivity contribution in [3.63, 3.8) is 0 Å². The Kier molecular flexibility index (Phi) is 4.46. The molecule has 3 aromatic rings. The number of anilines is 1. The first kappa shape index (κ1) is 15.6. The Morgan fingerprint density at radius 1 is 1.12 bits per heavy atom. The van der Waals surface area contributed by atoms with Crippen LogP contribution in [-0.2, 0) is 6.42 Å². The van der Waals surface area contributed by atoms with E-state index in [9.17, 15) is 14.5 Å². The number of nitro benzene ring substituents is 1. The molecule has 1 aromatic heterocycles. The number of aromatic amines is 1. The molecule has 7 nitrogen and oxygen atoms in total. The van der Waals surface area contributed by atoms with Crippen LogP contribution in [0.15, 0.2) is 48.5 Å². The van der Waals surface area contributed by atoms with Gasteiger partial charge in [-0.05, 0) is 36.4 Å². The SMILES string of the molecule is O=[N+]([O-])c1ccc(-c2n[nH]c(CCNc3ccc(F)cc3)n2)cc1. The summed E-state index contributed by atoms with van der Waals surface area (Å²) in [5, 5.41) is 20.8. The van der Waals surface area contributed by atoms with Crippen molar-refractivity contribution >= 4 is 11.4 Å². The van der Waals surface area contributed by atoms with E-state index in [1.54, 1.807) is 24.3 Å². The Morgan fingerprint density at radius 3 is 2.50 bits per heavy atom. The van der Waals surface area contributed by atoms with E-state index in [-0.39, 0.29) is 11.5 Å². The molecular weight excluding hydrogens is 313 g/mol. The number of H-pyrrole nitrogens is 1. The number of non-ortho nitro benzene ring substituents is 1. The van der Waals surface area contributed by atoms with Crippen molar-refractivity contribution in [2.45, 2.75) is 6.42 Å². The Hall–Kier alpha value is -3.29. The molecule has 0 bridgehead atoms. The lowest BCUT2D eigenvalue weighted by Crippen LogP contribution is -2.05. The first-order chi connectivity index (χ1) is 11.6. The summed E-state index contributed by atoms with van der Waals surface area (Å²) in [5.74, 6) is 0.906. The van der Waals surface area contributed by atoms with Gasteiger partial charge in [0.15, 0.2) is 5.82 Å².